The van der Waals surface area contributed by atoms with E-state index in [0.29, 0.717) is 28.5 Å². The molecule has 3 atom stereocenters. The lowest BCUT2D eigenvalue weighted by Crippen LogP contribution is -2.28. The van der Waals surface area contributed by atoms with Gasteiger partial charge in [0.15, 0.2) is 0 Å². The Hall–Kier alpha value is -0.280. The van der Waals surface area contributed by atoms with Gasteiger partial charge in [-0.1, -0.05) is 35.7 Å². The Kier molecular flexibility index (Phi) is 5.52. The summed E-state index contributed by atoms with van der Waals surface area (Å²) in [4.78, 5) is 0. The average Bonchev–Trinajstić information content (AvgIpc) is 2.86. The molecule has 1 aliphatic carbocycles. The molecule has 0 heterocycles. The molecule has 0 spiro atoms. The SMILES string of the molecule is CC(NCC1CCCC1CO)c1ccc(Cl)c(Cl)c1. The minimum absolute atomic E-state index is 0.245. The van der Waals surface area contributed by atoms with Crippen LogP contribution in [0.25, 0.3) is 0 Å². The van der Waals surface area contributed by atoms with Crippen molar-refractivity contribution in [3.63, 3.8) is 0 Å². The normalized spacial score (nSPS) is 24.6. The van der Waals surface area contributed by atoms with Gasteiger partial charge in [0.2, 0.25) is 0 Å². The first kappa shape index (κ1) is 15.1. The van der Waals surface area contributed by atoms with E-state index < -0.39 is 0 Å². The highest BCUT2D eigenvalue weighted by Gasteiger charge is 2.26. The topological polar surface area (TPSA) is 32.3 Å². The van der Waals surface area contributed by atoms with Gasteiger partial charge >= 0.3 is 0 Å². The summed E-state index contributed by atoms with van der Waals surface area (Å²) in [5.74, 6) is 1.06. The predicted octanol–water partition coefficient (Wildman–Crippen LogP) is 4.05. The van der Waals surface area contributed by atoms with E-state index in [2.05, 4.69) is 12.2 Å². The maximum atomic E-state index is 9.33. The lowest BCUT2D eigenvalue weighted by molar-refractivity contribution is 0.190. The highest BCUT2D eigenvalue weighted by molar-refractivity contribution is 6.42. The highest BCUT2D eigenvalue weighted by atomic mass is 35.5. The molecule has 1 fully saturated rings. The van der Waals surface area contributed by atoms with Gasteiger partial charge in [0, 0.05) is 12.6 Å². The summed E-state index contributed by atoms with van der Waals surface area (Å²) < 4.78 is 0. The smallest absolute Gasteiger partial charge is 0.0595 e. The van der Waals surface area contributed by atoms with Crippen LogP contribution in [0.5, 0.6) is 0 Å². The second-order valence-electron chi connectivity index (χ2n) is 5.44. The summed E-state index contributed by atoms with van der Waals surface area (Å²) in [6.07, 6.45) is 3.61. The van der Waals surface area contributed by atoms with E-state index in [-0.39, 0.29) is 6.04 Å². The van der Waals surface area contributed by atoms with E-state index in [1.807, 2.05) is 18.2 Å². The standard InChI is InChI=1S/C15H21Cl2NO/c1-10(11-5-6-14(16)15(17)7-11)18-8-12-3-2-4-13(12)9-19/h5-7,10,12-13,18-19H,2-4,8-9H2,1H3. The van der Waals surface area contributed by atoms with Crippen molar-refractivity contribution < 1.29 is 5.11 Å². The molecule has 0 aliphatic heterocycles. The first-order valence-electron chi connectivity index (χ1n) is 6.91. The van der Waals surface area contributed by atoms with Crippen molar-refractivity contribution in [1.29, 1.82) is 0 Å². The molecule has 2 rings (SSSR count). The van der Waals surface area contributed by atoms with Crippen LogP contribution in [-0.2, 0) is 0 Å². The van der Waals surface area contributed by atoms with Gasteiger partial charge in [-0.3, -0.25) is 0 Å². The molecule has 0 bridgehead atoms. The number of benzene rings is 1. The molecular weight excluding hydrogens is 281 g/mol. The zero-order valence-corrected chi connectivity index (χ0v) is 12.7. The minimum Gasteiger partial charge on any atom is -0.396 e. The Balaban J connectivity index is 1.90. The molecule has 106 valence electrons. The first-order valence-corrected chi connectivity index (χ1v) is 7.66. The minimum atomic E-state index is 0.245. The van der Waals surface area contributed by atoms with Gasteiger partial charge in [-0.2, -0.15) is 0 Å². The number of aliphatic hydroxyl groups is 1. The fraction of sp³-hybridized carbons (Fsp3) is 0.600. The number of hydrogen-bond acceptors (Lipinski definition) is 2. The second kappa shape index (κ2) is 6.94. The fourth-order valence-corrected chi connectivity index (χ4v) is 3.16. The lowest BCUT2D eigenvalue weighted by atomic mass is 9.96. The third-order valence-corrected chi connectivity index (χ3v) is 4.92. The molecule has 2 N–H and O–H groups in total. The van der Waals surface area contributed by atoms with Crippen LogP contribution in [-0.4, -0.2) is 18.3 Å². The van der Waals surface area contributed by atoms with E-state index in [1.54, 1.807) is 0 Å². The molecule has 4 heteroatoms. The van der Waals surface area contributed by atoms with Crippen molar-refractivity contribution in [2.45, 2.75) is 32.2 Å². The molecule has 2 nitrogen and oxygen atoms in total. The van der Waals surface area contributed by atoms with Crippen molar-refractivity contribution in [3.8, 4) is 0 Å². The predicted molar refractivity (Wildman–Crippen MR) is 80.8 cm³/mol. The molecule has 1 saturated carbocycles. The Morgan fingerprint density at radius 3 is 2.68 bits per heavy atom. The molecule has 0 amide bonds. The largest absolute Gasteiger partial charge is 0.396 e. The van der Waals surface area contributed by atoms with Gasteiger partial charge in [0.25, 0.3) is 0 Å². The summed E-state index contributed by atoms with van der Waals surface area (Å²) in [5.41, 5.74) is 1.15. The summed E-state index contributed by atoms with van der Waals surface area (Å²) >= 11 is 12.0. The zero-order valence-electron chi connectivity index (χ0n) is 11.2. The third-order valence-electron chi connectivity index (χ3n) is 4.18. The van der Waals surface area contributed by atoms with Gasteiger partial charge in [0.05, 0.1) is 10.0 Å². The van der Waals surface area contributed by atoms with Gasteiger partial charge in [-0.25, -0.2) is 0 Å². The zero-order chi connectivity index (χ0) is 13.8. The van der Waals surface area contributed by atoms with E-state index >= 15 is 0 Å². The van der Waals surface area contributed by atoms with Gasteiger partial charge in [0.1, 0.15) is 0 Å². The van der Waals surface area contributed by atoms with Crippen LogP contribution in [0.2, 0.25) is 10.0 Å². The van der Waals surface area contributed by atoms with E-state index in [9.17, 15) is 5.11 Å². The number of nitrogens with one attached hydrogen (secondary N) is 1. The van der Waals surface area contributed by atoms with Crippen LogP contribution in [0.1, 0.15) is 37.8 Å². The van der Waals surface area contributed by atoms with Crippen molar-refractivity contribution in [2.24, 2.45) is 11.8 Å². The van der Waals surface area contributed by atoms with Crippen LogP contribution < -0.4 is 5.32 Å². The Morgan fingerprint density at radius 1 is 1.26 bits per heavy atom. The lowest BCUT2D eigenvalue weighted by Gasteiger charge is -2.21. The Bertz CT molecular complexity index is 425. The quantitative estimate of drug-likeness (QED) is 0.860. The molecule has 0 radical (unpaired) electrons. The maximum Gasteiger partial charge on any atom is 0.0595 e. The molecule has 0 aromatic heterocycles. The van der Waals surface area contributed by atoms with Crippen molar-refractivity contribution in [1.82, 2.24) is 5.32 Å². The van der Waals surface area contributed by atoms with Crippen LogP contribution >= 0.6 is 23.2 Å². The summed E-state index contributed by atoms with van der Waals surface area (Å²) in [7, 11) is 0. The van der Waals surface area contributed by atoms with Crippen molar-refractivity contribution >= 4 is 23.2 Å². The highest BCUT2D eigenvalue weighted by Crippen LogP contribution is 2.31. The third kappa shape index (κ3) is 3.85. The average molecular weight is 302 g/mol. The monoisotopic (exact) mass is 301 g/mol. The van der Waals surface area contributed by atoms with Crippen molar-refractivity contribution in [2.75, 3.05) is 13.2 Å². The number of aliphatic hydroxyl groups excluding tert-OH is 1. The first-order chi connectivity index (χ1) is 9.11. The van der Waals surface area contributed by atoms with Crippen LogP contribution in [0, 0.1) is 11.8 Å². The molecule has 19 heavy (non-hydrogen) atoms. The molecule has 1 aromatic rings. The molecule has 1 aromatic carbocycles. The second-order valence-corrected chi connectivity index (χ2v) is 6.25. The summed E-state index contributed by atoms with van der Waals surface area (Å²) in [6.45, 7) is 3.39. The van der Waals surface area contributed by atoms with Gasteiger partial charge in [-0.05, 0) is 55.8 Å². The van der Waals surface area contributed by atoms with Crippen LogP contribution in [0.3, 0.4) is 0 Å². The maximum absolute atomic E-state index is 9.33. The van der Waals surface area contributed by atoms with E-state index in [0.717, 1.165) is 18.5 Å². The van der Waals surface area contributed by atoms with E-state index in [4.69, 9.17) is 23.2 Å². The van der Waals surface area contributed by atoms with Crippen LogP contribution in [0.15, 0.2) is 18.2 Å². The number of halogens is 2. The fourth-order valence-electron chi connectivity index (χ4n) is 2.85. The molecular formula is C15H21Cl2NO. The number of hydrogen-bond donors (Lipinski definition) is 2. The molecule has 0 saturated heterocycles. The summed E-state index contributed by atoms with van der Waals surface area (Å²) in [6, 6.07) is 6.00. The van der Waals surface area contributed by atoms with Crippen molar-refractivity contribution in [3.05, 3.63) is 33.8 Å². The van der Waals surface area contributed by atoms with E-state index in [1.165, 1.54) is 12.8 Å². The number of rotatable bonds is 5. The molecule has 3 unspecified atom stereocenters. The summed E-state index contributed by atoms with van der Waals surface area (Å²) in [5, 5.41) is 14.1. The Labute approximate surface area is 125 Å². The van der Waals surface area contributed by atoms with Gasteiger partial charge in [-0.15, -0.1) is 0 Å². The van der Waals surface area contributed by atoms with Crippen LogP contribution in [0.4, 0.5) is 0 Å². The Morgan fingerprint density at radius 2 is 2.00 bits per heavy atom. The molecule has 1 aliphatic rings. The van der Waals surface area contributed by atoms with Gasteiger partial charge < -0.3 is 10.4 Å².